The smallest absolute Gasteiger partial charge is 0.0330 e. The molecule has 0 aromatic carbocycles. The standard InChI is InChI=1S/C17H35N3/c1-5-18-13-16(9-6-7-10-16)14-20(4)15-17(19(2)3)11-8-12-17/h18H,5-15H2,1-4H3. The Hall–Kier alpha value is -0.120. The first-order chi connectivity index (χ1) is 9.52. The molecule has 0 aromatic rings. The van der Waals surface area contributed by atoms with Crippen molar-refractivity contribution in [2.75, 3.05) is 47.3 Å². The second-order valence-electron chi connectivity index (χ2n) is 7.63. The topological polar surface area (TPSA) is 18.5 Å². The van der Waals surface area contributed by atoms with Crippen LogP contribution in [0.2, 0.25) is 0 Å². The van der Waals surface area contributed by atoms with Crippen LogP contribution in [0.25, 0.3) is 0 Å². The van der Waals surface area contributed by atoms with Gasteiger partial charge in [-0.2, -0.15) is 0 Å². The summed E-state index contributed by atoms with van der Waals surface area (Å²) in [5.74, 6) is 0. The molecule has 3 heteroatoms. The fourth-order valence-electron chi connectivity index (χ4n) is 4.37. The third kappa shape index (κ3) is 3.55. The monoisotopic (exact) mass is 281 g/mol. The molecule has 0 spiro atoms. The van der Waals surface area contributed by atoms with Crippen LogP contribution in [-0.2, 0) is 0 Å². The van der Waals surface area contributed by atoms with Gasteiger partial charge in [-0.15, -0.1) is 0 Å². The van der Waals surface area contributed by atoms with Crippen molar-refractivity contribution in [2.24, 2.45) is 5.41 Å². The summed E-state index contributed by atoms with van der Waals surface area (Å²) in [5, 5.41) is 3.61. The molecule has 0 aliphatic heterocycles. The number of hydrogen-bond donors (Lipinski definition) is 1. The molecule has 0 heterocycles. The van der Waals surface area contributed by atoms with Gasteiger partial charge < -0.3 is 15.1 Å². The molecule has 20 heavy (non-hydrogen) atoms. The molecule has 0 radical (unpaired) electrons. The molecule has 0 amide bonds. The van der Waals surface area contributed by atoms with Crippen LogP contribution in [0.1, 0.15) is 51.9 Å². The van der Waals surface area contributed by atoms with E-state index in [1.807, 2.05) is 0 Å². The molecule has 2 rings (SSSR count). The first kappa shape index (κ1) is 16.3. The molecule has 0 bridgehead atoms. The first-order valence-corrected chi connectivity index (χ1v) is 8.59. The molecule has 2 aliphatic rings. The Bertz CT molecular complexity index is 291. The quantitative estimate of drug-likeness (QED) is 0.738. The van der Waals surface area contributed by atoms with Gasteiger partial charge in [0.05, 0.1) is 0 Å². The lowest BCUT2D eigenvalue weighted by Crippen LogP contribution is -2.58. The van der Waals surface area contributed by atoms with E-state index in [0.29, 0.717) is 11.0 Å². The van der Waals surface area contributed by atoms with E-state index in [9.17, 15) is 0 Å². The molecule has 1 N–H and O–H groups in total. The predicted octanol–water partition coefficient (Wildman–Crippen LogP) is 2.57. The fourth-order valence-corrected chi connectivity index (χ4v) is 4.37. The zero-order chi connectivity index (χ0) is 14.6. The number of hydrogen-bond acceptors (Lipinski definition) is 3. The van der Waals surface area contributed by atoms with Crippen molar-refractivity contribution in [3.8, 4) is 0 Å². The van der Waals surface area contributed by atoms with Gasteiger partial charge in [0, 0.05) is 25.2 Å². The van der Waals surface area contributed by atoms with Gasteiger partial charge in [-0.1, -0.05) is 19.8 Å². The second-order valence-corrected chi connectivity index (χ2v) is 7.63. The Labute approximate surface area is 126 Å². The van der Waals surface area contributed by atoms with Crippen LogP contribution in [0, 0.1) is 5.41 Å². The van der Waals surface area contributed by atoms with Crippen molar-refractivity contribution in [1.82, 2.24) is 15.1 Å². The van der Waals surface area contributed by atoms with Crippen LogP contribution in [0.4, 0.5) is 0 Å². The SMILES string of the molecule is CCNCC1(CN(C)CC2(N(C)C)CCC2)CCCC1. The van der Waals surface area contributed by atoms with Crippen LogP contribution in [-0.4, -0.2) is 62.7 Å². The lowest BCUT2D eigenvalue weighted by Gasteiger charge is -2.50. The Morgan fingerprint density at radius 1 is 0.900 bits per heavy atom. The van der Waals surface area contributed by atoms with E-state index < -0.39 is 0 Å². The summed E-state index contributed by atoms with van der Waals surface area (Å²) in [5.41, 5.74) is 1.01. The average Bonchev–Trinajstić information content (AvgIpc) is 2.80. The van der Waals surface area contributed by atoms with Gasteiger partial charge in [0.25, 0.3) is 0 Å². The number of rotatable bonds is 8. The Kier molecular flexibility index (Phi) is 5.49. The number of likely N-dealkylation sites (N-methyl/N-ethyl adjacent to an activating group) is 2. The van der Waals surface area contributed by atoms with Crippen LogP contribution >= 0.6 is 0 Å². The van der Waals surface area contributed by atoms with Crippen molar-refractivity contribution in [2.45, 2.75) is 57.4 Å². The minimum absolute atomic E-state index is 0.465. The molecule has 2 aliphatic carbocycles. The Balaban J connectivity index is 1.89. The van der Waals surface area contributed by atoms with Gasteiger partial charge >= 0.3 is 0 Å². The highest BCUT2D eigenvalue weighted by Gasteiger charge is 2.41. The molecule has 0 aromatic heterocycles. The van der Waals surface area contributed by atoms with Crippen molar-refractivity contribution in [3.63, 3.8) is 0 Å². The van der Waals surface area contributed by atoms with E-state index >= 15 is 0 Å². The van der Waals surface area contributed by atoms with Crippen LogP contribution in [0.3, 0.4) is 0 Å². The van der Waals surface area contributed by atoms with E-state index in [0.717, 1.165) is 6.54 Å². The predicted molar refractivity (Wildman–Crippen MR) is 87.2 cm³/mol. The van der Waals surface area contributed by atoms with Gasteiger partial charge in [-0.3, -0.25) is 0 Å². The Morgan fingerprint density at radius 2 is 1.55 bits per heavy atom. The maximum Gasteiger partial charge on any atom is 0.0330 e. The zero-order valence-electron chi connectivity index (χ0n) is 14.2. The molecule has 2 saturated carbocycles. The summed E-state index contributed by atoms with van der Waals surface area (Å²) >= 11 is 0. The molecule has 118 valence electrons. The lowest BCUT2D eigenvalue weighted by molar-refractivity contribution is 0.0160. The first-order valence-electron chi connectivity index (χ1n) is 8.59. The van der Waals surface area contributed by atoms with Gasteiger partial charge in [-0.05, 0) is 65.2 Å². The van der Waals surface area contributed by atoms with Crippen LogP contribution < -0.4 is 5.32 Å². The summed E-state index contributed by atoms with van der Waals surface area (Å²) in [6.07, 6.45) is 9.86. The summed E-state index contributed by atoms with van der Waals surface area (Å²) in [7, 11) is 6.86. The fraction of sp³-hybridized carbons (Fsp3) is 1.00. The largest absolute Gasteiger partial charge is 0.316 e. The van der Waals surface area contributed by atoms with Crippen LogP contribution in [0.15, 0.2) is 0 Å². The summed E-state index contributed by atoms with van der Waals surface area (Å²) in [6.45, 7) is 7.06. The third-order valence-corrected chi connectivity index (χ3v) is 5.82. The summed E-state index contributed by atoms with van der Waals surface area (Å²) < 4.78 is 0. The molecule has 2 fully saturated rings. The van der Waals surface area contributed by atoms with Gasteiger partial charge in [0.2, 0.25) is 0 Å². The Morgan fingerprint density at radius 3 is 2.00 bits per heavy atom. The maximum atomic E-state index is 3.61. The van der Waals surface area contributed by atoms with E-state index in [2.05, 4.69) is 43.2 Å². The van der Waals surface area contributed by atoms with E-state index in [1.165, 1.54) is 64.6 Å². The zero-order valence-corrected chi connectivity index (χ0v) is 14.2. The lowest BCUT2D eigenvalue weighted by atomic mass is 9.75. The van der Waals surface area contributed by atoms with E-state index in [4.69, 9.17) is 0 Å². The minimum Gasteiger partial charge on any atom is -0.316 e. The molecule has 0 saturated heterocycles. The van der Waals surface area contributed by atoms with E-state index in [-0.39, 0.29) is 0 Å². The van der Waals surface area contributed by atoms with Crippen LogP contribution in [0.5, 0.6) is 0 Å². The molecule has 0 atom stereocenters. The normalized spacial score (nSPS) is 24.3. The number of nitrogens with one attached hydrogen (secondary N) is 1. The molecule has 3 nitrogen and oxygen atoms in total. The third-order valence-electron chi connectivity index (χ3n) is 5.82. The van der Waals surface area contributed by atoms with Crippen molar-refractivity contribution in [1.29, 1.82) is 0 Å². The minimum atomic E-state index is 0.465. The highest BCUT2D eigenvalue weighted by Crippen LogP contribution is 2.40. The average molecular weight is 281 g/mol. The highest BCUT2D eigenvalue weighted by molar-refractivity contribution is 4.99. The molecular formula is C17H35N3. The van der Waals surface area contributed by atoms with Crippen molar-refractivity contribution >= 4 is 0 Å². The van der Waals surface area contributed by atoms with E-state index in [1.54, 1.807) is 0 Å². The second kappa shape index (κ2) is 6.76. The highest BCUT2D eigenvalue weighted by atomic mass is 15.2. The maximum absolute atomic E-state index is 3.61. The summed E-state index contributed by atoms with van der Waals surface area (Å²) in [6, 6.07) is 0. The van der Waals surface area contributed by atoms with Gasteiger partial charge in [0.1, 0.15) is 0 Å². The van der Waals surface area contributed by atoms with Gasteiger partial charge in [0.15, 0.2) is 0 Å². The molecular weight excluding hydrogens is 246 g/mol. The van der Waals surface area contributed by atoms with Gasteiger partial charge in [-0.25, -0.2) is 0 Å². The van der Waals surface area contributed by atoms with Crippen molar-refractivity contribution in [3.05, 3.63) is 0 Å². The number of nitrogens with zero attached hydrogens (tertiary/aromatic N) is 2. The van der Waals surface area contributed by atoms with Crippen molar-refractivity contribution < 1.29 is 0 Å². The summed E-state index contributed by atoms with van der Waals surface area (Å²) in [4.78, 5) is 5.10. The molecule has 0 unspecified atom stereocenters.